The Hall–Kier alpha value is -9.22. The number of hydroxylamine groups is 2. The zero-order chi connectivity index (χ0) is 57.9. The number of methoxy groups -OCH3 is 2. The van der Waals surface area contributed by atoms with E-state index in [1.165, 1.54) is 14.2 Å². The minimum atomic E-state index is -1.18. The number of hydrogen-bond acceptors (Lipinski definition) is 17. The maximum atomic E-state index is 14.1. The average molecular weight is 1130 g/mol. The maximum absolute atomic E-state index is 14.1. The molecule has 2 unspecified atom stereocenters. The van der Waals surface area contributed by atoms with Crippen LogP contribution in [0.4, 0.5) is 28.4 Å². The SMILES string of the molecule is COc1cc2c(cc1OCc1cc(COc3cc4c(cc3OC)C(O)N3c5ccccc5C[C@H]3CN4)cc(NC(=O)CNC(=O)CNC(=O)CNC(=O)C3CCC(C(=O)ON4C(=O)CCC4O)CC3)c1)N=C[C@@H]1Cc3ccccc3N1C2=O. The quantitative estimate of drug-likeness (QED) is 0.0636. The first-order valence-corrected chi connectivity index (χ1v) is 27.6. The molecule has 432 valence electrons. The second-order valence-electron chi connectivity index (χ2n) is 21.2. The Morgan fingerprint density at radius 1 is 0.687 bits per heavy atom. The summed E-state index contributed by atoms with van der Waals surface area (Å²) < 4.78 is 24.4. The lowest BCUT2D eigenvalue weighted by Gasteiger charge is -2.30. The van der Waals surface area contributed by atoms with Crippen LogP contribution in [0, 0.1) is 11.8 Å². The summed E-state index contributed by atoms with van der Waals surface area (Å²) >= 11 is 0. The van der Waals surface area contributed by atoms with Gasteiger partial charge in [-0.25, -0.2) is 4.79 Å². The fraction of sp³-hybridized carbons (Fsp3) is 0.367. The van der Waals surface area contributed by atoms with E-state index >= 15 is 0 Å². The number of nitrogens with zero attached hydrogens (tertiary/aromatic N) is 4. The van der Waals surface area contributed by atoms with Crippen LogP contribution in [-0.4, -0.2) is 122 Å². The molecule has 23 heteroatoms. The van der Waals surface area contributed by atoms with Crippen LogP contribution in [0.5, 0.6) is 23.0 Å². The molecule has 6 aliphatic rings. The third kappa shape index (κ3) is 11.9. The Morgan fingerprint density at radius 3 is 2.00 bits per heavy atom. The Bertz CT molecular complexity index is 3420. The molecule has 0 radical (unpaired) electrons. The van der Waals surface area contributed by atoms with Gasteiger partial charge >= 0.3 is 5.97 Å². The van der Waals surface area contributed by atoms with Gasteiger partial charge in [0.25, 0.3) is 11.8 Å². The molecule has 6 amide bonds. The molecule has 2 fully saturated rings. The van der Waals surface area contributed by atoms with Crippen molar-refractivity contribution in [3.05, 3.63) is 124 Å². The van der Waals surface area contributed by atoms with Gasteiger partial charge in [0.2, 0.25) is 23.6 Å². The van der Waals surface area contributed by atoms with Gasteiger partial charge in [-0.1, -0.05) is 36.4 Å². The van der Waals surface area contributed by atoms with Gasteiger partial charge in [0.1, 0.15) is 13.2 Å². The molecule has 1 saturated heterocycles. The summed E-state index contributed by atoms with van der Waals surface area (Å²) in [5, 5.41) is 36.2. The van der Waals surface area contributed by atoms with Crippen LogP contribution in [0.15, 0.2) is 96.0 Å². The summed E-state index contributed by atoms with van der Waals surface area (Å²) in [6.45, 7) is -0.843. The summed E-state index contributed by atoms with van der Waals surface area (Å²) in [4.78, 5) is 104. The molecule has 1 saturated carbocycles. The van der Waals surface area contributed by atoms with Gasteiger partial charge in [-0.3, -0.25) is 38.7 Å². The standard InChI is InChI=1S/C60H63N9O14/c1-79-48-22-42-44(61-26-40-20-37-7-3-5-9-46(37)67(40)58(42)76)24-50(48)81-31-33-17-34(32-82-51-25-45-43(23-49(51)80-2)59(77)68-41(27-62-45)21-38-8-4-6-10-47(38)68)19-39(18-33)66-54(72)30-64-52(70)28-63-53(71)29-65-57(75)35-11-13-36(14-12-35)60(78)83-69-55(73)15-16-56(69)74/h3-10,17-19,22-26,35-36,40-41,55,59,62,73,77H,11-16,20-21,27-32H2,1-2H3,(H,63,71)(H,64,70)(H,65,75)(H,66,72)/t35?,36?,40-,41-,55?,59?/m0/s1. The van der Waals surface area contributed by atoms with E-state index in [9.17, 15) is 43.8 Å². The number of para-hydroxylation sites is 2. The van der Waals surface area contributed by atoms with Crippen molar-refractivity contribution in [1.82, 2.24) is 21.0 Å². The van der Waals surface area contributed by atoms with Crippen molar-refractivity contribution in [2.75, 3.05) is 60.8 Å². The molecule has 0 aromatic heterocycles. The molecule has 1 aliphatic carbocycles. The number of carbonyl (C=O) groups excluding carboxylic acids is 7. The smallest absolute Gasteiger partial charge is 0.335 e. The van der Waals surface area contributed by atoms with Crippen molar-refractivity contribution in [2.45, 2.75) is 89.1 Å². The number of fused-ring (bicyclic) bond motifs is 8. The zero-order valence-electron chi connectivity index (χ0n) is 45.7. The topological polar surface area (TPSA) is 288 Å². The van der Waals surface area contributed by atoms with Gasteiger partial charge < -0.3 is 65.5 Å². The molecule has 5 aromatic rings. The van der Waals surface area contributed by atoms with E-state index in [4.69, 9.17) is 28.8 Å². The lowest BCUT2D eigenvalue weighted by atomic mass is 9.81. The molecular weight excluding hydrogens is 1070 g/mol. The third-order valence-electron chi connectivity index (χ3n) is 15.8. The highest BCUT2D eigenvalue weighted by molar-refractivity contribution is 6.15. The summed E-state index contributed by atoms with van der Waals surface area (Å²) in [7, 11) is 3.00. The first kappa shape index (κ1) is 55.7. The highest BCUT2D eigenvalue weighted by Gasteiger charge is 2.40. The Kier molecular flexibility index (Phi) is 16.2. The highest BCUT2D eigenvalue weighted by atomic mass is 16.7. The minimum absolute atomic E-state index is 0.0137. The van der Waals surface area contributed by atoms with Gasteiger partial charge in [-0.15, -0.1) is 5.06 Å². The van der Waals surface area contributed by atoms with Crippen molar-refractivity contribution in [2.24, 2.45) is 16.8 Å². The number of benzene rings is 5. The second-order valence-corrected chi connectivity index (χ2v) is 21.2. The molecule has 0 spiro atoms. The second kappa shape index (κ2) is 24.1. The molecule has 11 rings (SSSR count). The lowest BCUT2D eigenvalue weighted by molar-refractivity contribution is -0.224. The van der Waals surface area contributed by atoms with E-state index in [1.807, 2.05) is 53.4 Å². The van der Waals surface area contributed by atoms with Crippen molar-refractivity contribution >= 4 is 76.1 Å². The van der Waals surface area contributed by atoms with Crippen molar-refractivity contribution < 1.29 is 67.6 Å². The maximum Gasteiger partial charge on any atom is 0.335 e. The van der Waals surface area contributed by atoms with Gasteiger partial charge in [0, 0.05) is 78.4 Å². The van der Waals surface area contributed by atoms with E-state index < -0.39 is 79.4 Å². The average Bonchev–Trinajstić information content (AvgIpc) is 3.39. The van der Waals surface area contributed by atoms with Crippen LogP contribution >= 0.6 is 0 Å². The number of nitrogens with one attached hydrogen (secondary N) is 5. The van der Waals surface area contributed by atoms with Gasteiger partial charge in [-0.05, 0) is 96.8 Å². The Morgan fingerprint density at radius 2 is 1.31 bits per heavy atom. The monoisotopic (exact) mass is 1130 g/mol. The van der Waals surface area contributed by atoms with Crippen molar-refractivity contribution in [3.63, 3.8) is 0 Å². The highest BCUT2D eigenvalue weighted by Crippen LogP contribution is 2.46. The Balaban J connectivity index is 0.727. The number of amides is 6. The molecule has 5 heterocycles. The minimum Gasteiger partial charge on any atom is -0.493 e. The fourth-order valence-corrected chi connectivity index (χ4v) is 11.6. The van der Waals surface area contributed by atoms with Gasteiger partial charge in [-0.2, -0.15) is 0 Å². The van der Waals surface area contributed by atoms with Crippen molar-refractivity contribution in [1.29, 1.82) is 0 Å². The molecule has 4 atom stereocenters. The predicted molar refractivity (Wildman–Crippen MR) is 301 cm³/mol. The summed E-state index contributed by atoms with van der Waals surface area (Å²) in [6, 6.07) is 27.7. The lowest BCUT2D eigenvalue weighted by Crippen LogP contribution is -2.44. The predicted octanol–water partition coefficient (Wildman–Crippen LogP) is 4.49. The molecule has 0 bridgehead atoms. The van der Waals surface area contributed by atoms with Crippen LogP contribution < -0.4 is 55.3 Å². The number of anilines is 4. The van der Waals surface area contributed by atoms with Crippen LogP contribution in [-0.2, 0) is 59.7 Å². The zero-order valence-corrected chi connectivity index (χ0v) is 45.7. The van der Waals surface area contributed by atoms with Gasteiger partial charge in [0.15, 0.2) is 35.5 Å². The number of hydrogen-bond donors (Lipinski definition) is 7. The van der Waals surface area contributed by atoms with E-state index in [-0.39, 0.29) is 44.0 Å². The van der Waals surface area contributed by atoms with E-state index in [1.54, 1.807) is 47.5 Å². The largest absolute Gasteiger partial charge is 0.493 e. The van der Waals surface area contributed by atoms with Crippen LogP contribution in [0.1, 0.15) is 82.9 Å². The normalized spacial score (nSPS) is 20.8. The number of aliphatic hydroxyl groups excluding tert-OH is 2. The number of carbonyl (C=O) groups is 7. The third-order valence-corrected chi connectivity index (χ3v) is 15.8. The molecule has 7 N–H and O–H groups in total. The molecule has 5 aromatic carbocycles. The number of aliphatic hydroxyl groups is 2. The van der Waals surface area contributed by atoms with Gasteiger partial charge in [0.05, 0.1) is 63.1 Å². The molecule has 5 aliphatic heterocycles. The first-order valence-electron chi connectivity index (χ1n) is 27.6. The fourth-order valence-electron chi connectivity index (χ4n) is 11.6. The summed E-state index contributed by atoms with van der Waals surface area (Å²) in [5.74, 6) is -3.24. The van der Waals surface area contributed by atoms with E-state index in [2.05, 4.69) is 32.7 Å². The van der Waals surface area contributed by atoms with E-state index in [0.29, 0.717) is 106 Å². The molecular formula is C60H63N9O14. The first-order chi connectivity index (χ1) is 40.2. The number of rotatable bonds is 18. The van der Waals surface area contributed by atoms with Crippen LogP contribution in [0.3, 0.4) is 0 Å². The van der Waals surface area contributed by atoms with Crippen LogP contribution in [0.25, 0.3) is 0 Å². The van der Waals surface area contributed by atoms with Crippen LogP contribution in [0.2, 0.25) is 0 Å². The summed E-state index contributed by atoms with van der Waals surface area (Å²) in [5.41, 5.74) is 7.66. The number of ether oxygens (including phenoxy) is 4. The van der Waals surface area contributed by atoms with Crippen molar-refractivity contribution in [3.8, 4) is 23.0 Å². The molecule has 83 heavy (non-hydrogen) atoms. The van der Waals surface area contributed by atoms with E-state index in [0.717, 1.165) is 28.9 Å². The Labute approximate surface area is 477 Å². The number of aliphatic imine (C=N–C) groups is 1. The molecule has 23 nitrogen and oxygen atoms in total. The summed E-state index contributed by atoms with van der Waals surface area (Å²) in [6.07, 6.45) is 2.62.